The van der Waals surface area contributed by atoms with Crippen molar-refractivity contribution >= 4 is 36.5 Å². The third kappa shape index (κ3) is 11.0. The summed E-state index contributed by atoms with van der Waals surface area (Å²) in [7, 11) is -13.4. The lowest BCUT2D eigenvalue weighted by Crippen LogP contribution is -3.07. The van der Waals surface area contributed by atoms with Crippen molar-refractivity contribution in [3.63, 3.8) is 0 Å². The summed E-state index contributed by atoms with van der Waals surface area (Å²) < 4.78 is 109. The highest BCUT2D eigenvalue weighted by atomic mass is 32.3. The van der Waals surface area contributed by atoms with Gasteiger partial charge in [-0.25, -0.2) is 16.8 Å². The molecule has 1 unspecified atom stereocenters. The molecule has 2 aromatic rings. The van der Waals surface area contributed by atoms with E-state index in [4.69, 9.17) is 0 Å². The maximum absolute atomic E-state index is 11.4. The highest BCUT2D eigenvalue weighted by Crippen LogP contribution is 2.36. The molecule has 1 aliphatic rings. The molecule has 1 atom stereocenters. The first-order valence-electron chi connectivity index (χ1n) is 13.7. The minimum absolute atomic E-state index is 0.778. The zero-order valence-corrected chi connectivity index (χ0v) is 24.9. The average Bonchev–Trinajstić information content (AvgIpc) is 3.37. The molecule has 0 saturated carbocycles. The normalized spacial score (nSPS) is 16.1. The van der Waals surface area contributed by atoms with Crippen LogP contribution in [0.1, 0.15) is 71.1 Å². The topological polar surface area (TPSA) is 90.1 Å². The SMILES string of the molecule is CCCCCCCCCCCC[NH+]1C=CN(c2cccc3ccccc23)C1.O=S(=O)([N-]S(=O)(=O)C(F)(F)F)C(F)(F)F. The lowest BCUT2D eigenvalue weighted by Gasteiger charge is -2.22. The van der Waals surface area contributed by atoms with E-state index < -0.39 is 31.1 Å². The number of unbranched alkanes of at least 4 members (excludes halogenated alkanes) is 9. The summed E-state index contributed by atoms with van der Waals surface area (Å²) in [5.41, 5.74) is -11.1. The van der Waals surface area contributed by atoms with Crippen LogP contribution in [0.4, 0.5) is 32.0 Å². The van der Waals surface area contributed by atoms with Crippen LogP contribution in [-0.2, 0) is 20.0 Å². The quantitative estimate of drug-likeness (QED) is 0.177. The van der Waals surface area contributed by atoms with E-state index in [9.17, 15) is 43.2 Å². The molecule has 0 radical (unpaired) electrons. The van der Waals surface area contributed by atoms with Gasteiger partial charge in [0.25, 0.3) is 0 Å². The number of sulfonamides is 2. The Morgan fingerprint density at radius 2 is 1.24 bits per heavy atom. The smallest absolute Gasteiger partial charge is 0.421 e. The van der Waals surface area contributed by atoms with Crippen molar-refractivity contribution in [1.82, 2.24) is 0 Å². The van der Waals surface area contributed by atoms with Gasteiger partial charge in [0.05, 0.1) is 18.4 Å². The number of anilines is 1. The molecule has 1 N–H and O–H groups in total. The second kappa shape index (κ2) is 15.9. The third-order valence-electron chi connectivity index (χ3n) is 6.57. The van der Waals surface area contributed by atoms with Crippen LogP contribution in [0.5, 0.6) is 0 Å². The Hall–Kier alpha value is -2.36. The van der Waals surface area contributed by atoms with Crippen molar-refractivity contribution in [2.75, 3.05) is 18.1 Å². The Morgan fingerprint density at radius 1 is 0.738 bits per heavy atom. The van der Waals surface area contributed by atoms with Gasteiger partial charge in [-0.1, -0.05) is 94.7 Å². The van der Waals surface area contributed by atoms with Gasteiger partial charge in [-0.05, 0) is 24.3 Å². The monoisotopic (exact) mass is 645 g/mol. The maximum atomic E-state index is 11.4. The Labute approximate surface area is 243 Å². The Kier molecular flexibility index (Phi) is 13.6. The third-order valence-corrected chi connectivity index (χ3v) is 9.31. The van der Waals surface area contributed by atoms with Crippen LogP contribution in [-0.4, -0.2) is 41.1 Å². The number of nitrogens with one attached hydrogen (secondary N) is 1. The highest BCUT2D eigenvalue weighted by molar-refractivity contribution is 8.13. The number of nitrogens with zero attached hydrogens (tertiary/aromatic N) is 2. The van der Waals surface area contributed by atoms with E-state index >= 15 is 0 Å². The number of fused-ring (bicyclic) bond motifs is 1. The fourth-order valence-electron chi connectivity index (χ4n) is 4.36. The van der Waals surface area contributed by atoms with E-state index in [0.717, 1.165) is 10.8 Å². The van der Waals surface area contributed by atoms with Crippen molar-refractivity contribution in [3.05, 3.63) is 59.0 Å². The molecule has 0 aliphatic carbocycles. The number of hydrogen-bond acceptors (Lipinski definition) is 5. The maximum Gasteiger partial charge on any atom is 0.480 e. The minimum atomic E-state index is -6.72. The number of hydrogen-bond donors (Lipinski definition) is 1. The van der Waals surface area contributed by atoms with E-state index in [1.807, 2.05) is 0 Å². The van der Waals surface area contributed by atoms with Gasteiger partial charge in [0.1, 0.15) is 6.20 Å². The van der Waals surface area contributed by atoms with Gasteiger partial charge >= 0.3 is 11.0 Å². The van der Waals surface area contributed by atoms with Crippen molar-refractivity contribution in [2.24, 2.45) is 0 Å². The van der Waals surface area contributed by atoms with Crippen LogP contribution >= 0.6 is 0 Å². The van der Waals surface area contributed by atoms with Gasteiger partial charge in [0.2, 0.25) is 0 Å². The molecule has 3 rings (SSSR count). The second-order valence-corrected chi connectivity index (χ2v) is 13.4. The van der Waals surface area contributed by atoms with Crippen LogP contribution in [0.25, 0.3) is 14.9 Å². The Balaban J connectivity index is 0.000000351. The number of alkyl halides is 6. The van der Waals surface area contributed by atoms with E-state index in [-0.39, 0.29) is 0 Å². The first kappa shape index (κ1) is 35.8. The first-order valence-corrected chi connectivity index (χ1v) is 16.6. The van der Waals surface area contributed by atoms with E-state index in [0.29, 0.717) is 0 Å². The van der Waals surface area contributed by atoms with Crippen LogP contribution < -0.4 is 9.80 Å². The highest BCUT2D eigenvalue weighted by Gasteiger charge is 2.46. The van der Waals surface area contributed by atoms with Crippen LogP contribution in [0, 0.1) is 0 Å². The molecule has 0 bridgehead atoms. The summed E-state index contributed by atoms with van der Waals surface area (Å²) in [5, 5.41) is 2.68. The molecule has 0 spiro atoms. The van der Waals surface area contributed by atoms with E-state index in [1.165, 1.54) is 87.2 Å². The molecular weight excluding hydrogens is 608 g/mol. The van der Waals surface area contributed by atoms with E-state index in [1.54, 1.807) is 4.90 Å². The summed E-state index contributed by atoms with van der Waals surface area (Å²) in [6.07, 6.45) is 18.7. The Bertz CT molecular complexity index is 1320. The zero-order chi connectivity index (χ0) is 31.4. The molecule has 0 amide bonds. The van der Waals surface area contributed by atoms with Crippen molar-refractivity contribution < 1.29 is 48.1 Å². The van der Waals surface area contributed by atoms with Gasteiger partial charge in [-0.3, -0.25) is 9.80 Å². The molecule has 0 saturated heterocycles. The number of quaternary nitrogens is 1. The van der Waals surface area contributed by atoms with Crippen LogP contribution in [0.3, 0.4) is 0 Å². The average molecular weight is 646 g/mol. The predicted molar refractivity (Wildman–Crippen MR) is 151 cm³/mol. The summed E-state index contributed by atoms with van der Waals surface area (Å²) in [6.45, 7) is 4.61. The molecule has 0 fully saturated rings. The summed E-state index contributed by atoms with van der Waals surface area (Å²) >= 11 is 0. The number of benzene rings is 2. The predicted octanol–water partition coefficient (Wildman–Crippen LogP) is 6.95. The van der Waals surface area contributed by atoms with Crippen LogP contribution in [0.15, 0.2) is 54.9 Å². The fraction of sp³-hybridized carbons (Fsp3) is 0.556. The molecule has 1 heterocycles. The van der Waals surface area contributed by atoms with Gasteiger partial charge in [0, 0.05) is 5.39 Å². The van der Waals surface area contributed by atoms with Gasteiger partial charge in [0.15, 0.2) is 26.7 Å². The second-order valence-electron chi connectivity index (χ2n) is 9.95. The molecule has 7 nitrogen and oxygen atoms in total. The Morgan fingerprint density at radius 3 is 1.79 bits per heavy atom. The van der Waals surface area contributed by atoms with Crippen molar-refractivity contribution in [2.45, 2.75) is 82.1 Å². The number of halogens is 6. The van der Waals surface area contributed by atoms with E-state index in [2.05, 4.69) is 66.7 Å². The molecule has 15 heteroatoms. The number of rotatable bonds is 14. The lowest BCUT2D eigenvalue weighted by atomic mass is 10.1. The lowest BCUT2D eigenvalue weighted by molar-refractivity contribution is -0.840. The molecule has 2 aromatic carbocycles. The summed E-state index contributed by atoms with van der Waals surface area (Å²) in [6, 6.07) is 15.3. The molecule has 0 aromatic heterocycles. The van der Waals surface area contributed by atoms with Crippen LogP contribution in [0.2, 0.25) is 0 Å². The minimum Gasteiger partial charge on any atom is -0.421 e. The summed E-state index contributed by atoms with van der Waals surface area (Å²) in [5.74, 6) is 0. The van der Waals surface area contributed by atoms with Gasteiger partial charge in [-0.15, -0.1) is 0 Å². The van der Waals surface area contributed by atoms with Gasteiger partial charge in [-0.2, -0.15) is 26.3 Å². The zero-order valence-electron chi connectivity index (χ0n) is 23.3. The molecule has 42 heavy (non-hydrogen) atoms. The fourth-order valence-corrected chi connectivity index (χ4v) is 6.07. The van der Waals surface area contributed by atoms with Crippen molar-refractivity contribution in [3.8, 4) is 0 Å². The van der Waals surface area contributed by atoms with Gasteiger partial charge < -0.3 is 4.13 Å². The first-order chi connectivity index (χ1) is 19.6. The summed E-state index contributed by atoms with van der Waals surface area (Å²) in [4.78, 5) is 4.00. The molecular formula is C27H37F6N3O4S2. The van der Waals surface area contributed by atoms with Crippen molar-refractivity contribution in [1.29, 1.82) is 0 Å². The molecule has 238 valence electrons. The standard InChI is InChI=1S/C25H36N2.C2F6NO4S2/c1-2-3-4-5-6-7-8-9-10-13-19-26-20-21-27(22-26)25-18-14-16-23-15-11-12-17-24(23)25;3-1(4,5)14(10,11)9-15(12,13)2(6,7)8/h11-12,14-18,20-21H,2-10,13,19,22H2,1H3;/q;-1/p+1. The molecule has 1 aliphatic heterocycles. The largest absolute Gasteiger partial charge is 0.480 e.